The molecular formula is C27H35N3O7. The summed E-state index contributed by atoms with van der Waals surface area (Å²) in [5.41, 5.74) is 4.00. The lowest BCUT2D eigenvalue weighted by atomic mass is 9.60. The monoisotopic (exact) mass is 513 g/mol. The number of allylic oxidation sites excluding steroid dienone is 2. The number of anilines is 1. The minimum Gasteiger partial charge on any atom is -0.511 e. The summed E-state index contributed by atoms with van der Waals surface area (Å²) in [6, 6.07) is 1.53. The number of carbonyl (C=O) groups excluding carboxylic acids is 3. The van der Waals surface area contributed by atoms with Crippen LogP contribution in [-0.2, 0) is 22.6 Å². The van der Waals surface area contributed by atoms with Gasteiger partial charge in [0.15, 0.2) is 11.4 Å². The van der Waals surface area contributed by atoms with E-state index in [2.05, 4.69) is 19.2 Å². The molecule has 3 atom stereocenters. The average Bonchev–Trinajstić information content (AvgIpc) is 2.78. The first-order valence-corrected chi connectivity index (χ1v) is 12.5. The second-order valence-corrected chi connectivity index (χ2v) is 10.9. The van der Waals surface area contributed by atoms with E-state index < -0.39 is 52.0 Å². The normalized spacial score (nSPS) is 25.2. The second kappa shape index (κ2) is 9.50. The molecule has 1 amide bonds. The number of hydrogen-bond donors (Lipinski definition) is 6. The zero-order valence-electron chi connectivity index (χ0n) is 21.6. The van der Waals surface area contributed by atoms with Crippen molar-refractivity contribution >= 4 is 23.2 Å². The van der Waals surface area contributed by atoms with Crippen LogP contribution in [0.3, 0.4) is 0 Å². The molecule has 0 saturated carbocycles. The fraction of sp³-hybridized carbons (Fsp3) is 0.519. The molecule has 0 saturated heterocycles. The first kappa shape index (κ1) is 26.7. The molecule has 0 aliphatic heterocycles. The van der Waals surface area contributed by atoms with Crippen LogP contribution < -0.4 is 16.0 Å². The summed E-state index contributed by atoms with van der Waals surface area (Å²) in [4.78, 5) is 40.4. The maximum absolute atomic E-state index is 13.7. The number of phenols is 1. The Labute approximate surface area is 215 Å². The molecule has 200 valence electrons. The molecule has 4 rings (SSSR count). The number of carbonyl (C=O) groups is 3. The number of rotatable bonds is 7. The molecule has 1 aromatic rings. The van der Waals surface area contributed by atoms with Gasteiger partial charge >= 0.3 is 0 Å². The number of primary amides is 1. The Morgan fingerprint density at radius 1 is 1.22 bits per heavy atom. The fourth-order valence-electron chi connectivity index (χ4n) is 6.05. The molecule has 7 N–H and O–H groups in total. The number of ketones is 2. The summed E-state index contributed by atoms with van der Waals surface area (Å²) in [5.74, 6) is -5.73. The number of nitrogens with zero attached hydrogens (tertiary/aromatic N) is 1. The molecule has 0 heterocycles. The Kier molecular flexibility index (Phi) is 6.85. The van der Waals surface area contributed by atoms with E-state index in [1.807, 2.05) is 19.0 Å². The SMILES string of the molecule is CC(C)CCNCc1cc(O)c2c(c1N(C)C)CC1C[C@H]3CC(O)=C(C(N)=O)C(=O)[C@@]3(O)C(O)=C1C2=O. The highest BCUT2D eigenvalue weighted by atomic mass is 16.3. The van der Waals surface area contributed by atoms with E-state index in [4.69, 9.17) is 5.73 Å². The molecule has 0 spiro atoms. The third kappa shape index (κ3) is 4.18. The molecule has 0 aromatic heterocycles. The maximum atomic E-state index is 13.7. The number of Topliss-reactive ketones (excluding diaryl/α,β-unsaturated/α-hetero) is 2. The number of amides is 1. The van der Waals surface area contributed by atoms with Gasteiger partial charge in [-0.05, 0) is 54.8 Å². The molecule has 10 nitrogen and oxygen atoms in total. The number of benzene rings is 1. The van der Waals surface area contributed by atoms with Crippen molar-refractivity contribution in [2.75, 3.05) is 25.5 Å². The van der Waals surface area contributed by atoms with Gasteiger partial charge in [0, 0.05) is 44.2 Å². The lowest BCUT2D eigenvalue weighted by molar-refractivity contribution is -0.144. The van der Waals surface area contributed by atoms with Crippen LogP contribution in [-0.4, -0.2) is 64.1 Å². The van der Waals surface area contributed by atoms with Gasteiger partial charge < -0.3 is 36.4 Å². The Bertz CT molecular complexity index is 1250. The number of nitrogens with two attached hydrogens (primary N) is 1. The van der Waals surface area contributed by atoms with E-state index in [1.165, 1.54) is 6.07 Å². The standard InChI is InChI=1S/C27H35N3O7/c1-12(2)5-6-29-11-14-9-17(31)20-16(22(14)30(3)4)8-13-7-15-10-18(32)21(26(28)36)25(35)27(15,37)24(34)19(13)23(20)33/h9,12-13,15,29,31-32,34,37H,5-8,10-11H2,1-4H3,(H2,28,36)/t13?,15-,27-/m0/s1. The van der Waals surface area contributed by atoms with Gasteiger partial charge in [-0.15, -0.1) is 0 Å². The first-order chi connectivity index (χ1) is 17.3. The summed E-state index contributed by atoms with van der Waals surface area (Å²) < 4.78 is 0. The number of aliphatic hydroxyl groups is 3. The van der Waals surface area contributed by atoms with Crippen LogP contribution in [0.15, 0.2) is 28.7 Å². The van der Waals surface area contributed by atoms with Gasteiger partial charge in [-0.2, -0.15) is 0 Å². The van der Waals surface area contributed by atoms with E-state index in [0.717, 1.165) is 24.2 Å². The van der Waals surface area contributed by atoms with Crippen molar-refractivity contribution in [2.24, 2.45) is 23.5 Å². The van der Waals surface area contributed by atoms with Crippen LogP contribution in [0.2, 0.25) is 0 Å². The zero-order chi connectivity index (χ0) is 27.4. The minimum absolute atomic E-state index is 0.0197. The summed E-state index contributed by atoms with van der Waals surface area (Å²) in [5, 5.41) is 47.1. The van der Waals surface area contributed by atoms with Crippen LogP contribution >= 0.6 is 0 Å². The van der Waals surface area contributed by atoms with Gasteiger partial charge in [0.05, 0.1) is 5.56 Å². The highest BCUT2D eigenvalue weighted by Crippen LogP contribution is 2.52. The van der Waals surface area contributed by atoms with Crippen LogP contribution in [0.25, 0.3) is 0 Å². The zero-order valence-corrected chi connectivity index (χ0v) is 21.6. The van der Waals surface area contributed by atoms with E-state index in [0.29, 0.717) is 18.0 Å². The summed E-state index contributed by atoms with van der Waals surface area (Å²) in [6.45, 7) is 5.56. The predicted octanol–water partition coefficient (Wildman–Crippen LogP) is 1.78. The molecule has 3 aliphatic carbocycles. The van der Waals surface area contributed by atoms with Gasteiger partial charge in [-0.25, -0.2) is 0 Å². The van der Waals surface area contributed by atoms with Gasteiger partial charge in [0.1, 0.15) is 22.8 Å². The Morgan fingerprint density at radius 3 is 2.49 bits per heavy atom. The van der Waals surface area contributed by atoms with Crippen molar-refractivity contribution < 1.29 is 34.8 Å². The topological polar surface area (TPSA) is 173 Å². The largest absolute Gasteiger partial charge is 0.511 e. The van der Waals surface area contributed by atoms with Gasteiger partial charge in [0.2, 0.25) is 5.78 Å². The van der Waals surface area contributed by atoms with Crippen molar-refractivity contribution in [3.63, 3.8) is 0 Å². The van der Waals surface area contributed by atoms with E-state index in [9.17, 15) is 34.8 Å². The minimum atomic E-state index is -2.56. The lowest BCUT2D eigenvalue weighted by Gasteiger charge is -2.46. The predicted molar refractivity (Wildman–Crippen MR) is 136 cm³/mol. The van der Waals surface area contributed by atoms with Crippen molar-refractivity contribution in [1.82, 2.24) is 5.32 Å². The van der Waals surface area contributed by atoms with Gasteiger partial charge in [0.25, 0.3) is 5.91 Å². The van der Waals surface area contributed by atoms with Crippen LogP contribution in [0.5, 0.6) is 5.75 Å². The third-order valence-corrected chi connectivity index (χ3v) is 7.77. The maximum Gasteiger partial charge on any atom is 0.255 e. The number of hydrogen-bond acceptors (Lipinski definition) is 9. The number of nitrogens with one attached hydrogen (secondary N) is 1. The second-order valence-electron chi connectivity index (χ2n) is 10.9. The smallest absolute Gasteiger partial charge is 0.255 e. The summed E-state index contributed by atoms with van der Waals surface area (Å²) >= 11 is 0. The number of aromatic hydroxyl groups is 1. The van der Waals surface area contributed by atoms with Crippen molar-refractivity contribution in [2.45, 2.75) is 51.7 Å². The molecule has 1 unspecified atom stereocenters. The summed E-state index contributed by atoms with van der Waals surface area (Å²) in [6.07, 6.45) is 1.12. The number of phenolic OH excluding ortho intramolecular Hbond substituents is 1. The highest BCUT2D eigenvalue weighted by Gasteiger charge is 2.59. The highest BCUT2D eigenvalue weighted by molar-refractivity contribution is 6.24. The molecule has 0 bridgehead atoms. The van der Waals surface area contributed by atoms with E-state index >= 15 is 0 Å². The van der Waals surface area contributed by atoms with Crippen LogP contribution in [0, 0.1) is 17.8 Å². The van der Waals surface area contributed by atoms with Crippen LogP contribution in [0.4, 0.5) is 5.69 Å². The first-order valence-electron chi connectivity index (χ1n) is 12.5. The molecule has 10 heteroatoms. The number of aliphatic hydroxyl groups excluding tert-OH is 2. The van der Waals surface area contributed by atoms with Crippen LogP contribution in [0.1, 0.15) is 54.6 Å². The fourth-order valence-corrected chi connectivity index (χ4v) is 6.05. The summed E-state index contributed by atoms with van der Waals surface area (Å²) in [7, 11) is 3.70. The molecule has 3 aliphatic rings. The van der Waals surface area contributed by atoms with Crippen molar-refractivity contribution in [3.8, 4) is 5.75 Å². The molecular weight excluding hydrogens is 478 g/mol. The molecule has 1 aromatic carbocycles. The Hall–Kier alpha value is -3.37. The third-order valence-electron chi connectivity index (χ3n) is 7.77. The van der Waals surface area contributed by atoms with Crippen molar-refractivity contribution in [3.05, 3.63) is 45.4 Å². The number of fused-ring (bicyclic) bond motifs is 3. The molecule has 0 radical (unpaired) electrons. The molecule has 37 heavy (non-hydrogen) atoms. The molecule has 0 fully saturated rings. The van der Waals surface area contributed by atoms with E-state index in [-0.39, 0.29) is 36.1 Å². The lowest BCUT2D eigenvalue weighted by Crippen LogP contribution is -2.57. The van der Waals surface area contributed by atoms with Gasteiger partial charge in [-0.3, -0.25) is 14.4 Å². The Morgan fingerprint density at radius 2 is 1.89 bits per heavy atom. The average molecular weight is 514 g/mol. The quantitative estimate of drug-likeness (QED) is 0.235. The Balaban J connectivity index is 1.80. The van der Waals surface area contributed by atoms with E-state index in [1.54, 1.807) is 0 Å². The van der Waals surface area contributed by atoms with Gasteiger partial charge in [-0.1, -0.05) is 13.8 Å². The van der Waals surface area contributed by atoms with Crippen molar-refractivity contribution in [1.29, 1.82) is 0 Å².